The molecule has 1 unspecified atom stereocenters. The molecule has 0 aromatic heterocycles. The van der Waals surface area contributed by atoms with Crippen molar-refractivity contribution in [2.24, 2.45) is 5.92 Å². The van der Waals surface area contributed by atoms with Gasteiger partial charge in [0, 0.05) is 38.3 Å². The standard InChI is InChI=1S/C19H27FN4O3/c20-16-4-3-15(22-19(26)14-2-1-6-21-13-14)12-17(16)23-18(25)5-7-24-8-10-27-11-9-24/h3-4,12,14,21H,1-2,5-11,13H2,(H,22,26)(H,23,25). The van der Waals surface area contributed by atoms with Gasteiger partial charge in [-0.1, -0.05) is 0 Å². The van der Waals surface area contributed by atoms with E-state index in [0.29, 0.717) is 32.0 Å². The molecule has 8 heteroatoms. The highest BCUT2D eigenvalue weighted by Gasteiger charge is 2.21. The van der Waals surface area contributed by atoms with Gasteiger partial charge in [0.15, 0.2) is 0 Å². The minimum absolute atomic E-state index is 0.0848. The number of nitrogens with zero attached hydrogens (tertiary/aromatic N) is 1. The number of ether oxygens (including phenoxy) is 1. The molecule has 2 saturated heterocycles. The Morgan fingerprint density at radius 2 is 2.07 bits per heavy atom. The van der Waals surface area contributed by atoms with Gasteiger partial charge in [0.25, 0.3) is 0 Å². The summed E-state index contributed by atoms with van der Waals surface area (Å²) in [4.78, 5) is 26.6. The fourth-order valence-electron chi connectivity index (χ4n) is 3.32. The molecule has 2 amide bonds. The highest BCUT2D eigenvalue weighted by Crippen LogP contribution is 2.21. The summed E-state index contributed by atoms with van der Waals surface area (Å²) in [6.45, 7) is 5.16. The molecule has 2 aliphatic heterocycles. The van der Waals surface area contributed by atoms with Crippen LogP contribution in [0.25, 0.3) is 0 Å². The first-order valence-electron chi connectivity index (χ1n) is 9.53. The van der Waals surface area contributed by atoms with E-state index >= 15 is 0 Å². The van der Waals surface area contributed by atoms with Crippen molar-refractivity contribution < 1.29 is 18.7 Å². The number of nitrogens with one attached hydrogen (secondary N) is 3. The Kier molecular flexibility index (Phi) is 7.14. The quantitative estimate of drug-likeness (QED) is 0.698. The predicted molar refractivity (Wildman–Crippen MR) is 101 cm³/mol. The maximum absolute atomic E-state index is 14.1. The number of carbonyl (C=O) groups excluding carboxylic acids is 2. The van der Waals surface area contributed by atoms with Gasteiger partial charge in [-0.15, -0.1) is 0 Å². The molecule has 0 radical (unpaired) electrons. The number of carbonyl (C=O) groups is 2. The molecule has 1 aromatic carbocycles. The lowest BCUT2D eigenvalue weighted by molar-refractivity contribution is -0.120. The molecule has 1 aromatic rings. The zero-order chi connectivity index (χ0) is 19.1. The topological polar surface area (TPSA) is 82.7 Å². The number of amides is 2. The van der Waals surface area contributed by atoms with Gasteiger partial charge in [0.05, 0.1) is 24.8 Å². The molecule has 3 rings (SSSR count). The number of hydrogen-bond donors (Lipinski definition) is 3. The summed E-state index contributed by atoms with van der Waals surface area (Å²) >= 11 is 0. The Bertz CT molecular complexity index is 658. The molecule has 2 aliphatic rings. The van der Waals surface area contributed by atoms with Crippen LogP contribution in [0.5, 0.6) is 0 Å². The number of halogens is 1. The molecule has 27 heavy (non-hydrogen) atoms. The molecule has 0 aliphatic carbocycles. The van der Waals surface area contributed by atoms with Crippen LogP contribution in [0.2, 0.25) is 0 Å². The minimum atomic E-state index is -0.521. The van der Waals surface area contributed by atoms with E-state index in [1.54, 1.807) is 0 Å². The lowest BCUT2D eigenvalue weighted by atomic mass is 9.99. The molecule has 0 bridgehead atoms. The highest BCUT2D eigenvalue weighted by atomic mass is 19.1. The predicted octanol–water partition coefficient (Wildman–Crippen LogP) is 1.42. The SMILES string of the molecule is O=C(CCN1CCOCC1)Nc1cc(NC(=O)C2CCCNC2)ccc1F. The highest BCUT2D eigenvalue weighted by molar-refractivity contribution is 5.95. The molecule has 1 atom stereocenters. The minimum Gasteiger partial charge on any atom is -0.379 e. The van der Waals surface area contributed by atoms with Crippen LogP contribution in [0.4, 0.5) is 15.8 Å². The van der Waals surface area contributed by atoms with Crippen molar-refractivity contribution in [3.8, 4) is 0 Å². The lowest BCUT2D eigenvalue weighted by Gasteiger charge is -2.26. The zero-order valence-electron chi connectivity index (χ0n) is 15.4. The summed E-state index contributed by atoms with van der Waals surface area (Å²) in [5, 5.41) is 8.62. The molecule has 7 nitrogen and oxygen atoms in total. The normalized spacial score (nSPS) is 20.9. The second kappa shape index (κ2) is 9.77. The van der Waals surface area contributed by atoms with E-state index < -0.39 is 5.82 Å². The fraction of sp³-hybridized carbons (Fsp3) is 0.579. The summed E-state index contributed by atoms with van der Waals surface area (Å²) in [7, 11) is 0. The first kappa shape index (κ1) is 19.7. The molecule has 148 valence electrons. The first-order chi connectivity index (χ1) is 13.1. The number of rotatable bonds is 6. The van der Waals surface area contributed by atoms with E-state index in [-0.39, 0.29) is 29.8 Å². The first-order valence-corrected chi connectivity index (χ1v) is 9.53. The lowest BCUT2D eigenvalue weighted by Crippen LogP contribution is -2.38. The maximum atomic E-state index is 14.1. The van der Waals surface area contributed by atoms with E-state index in [0.717, 1.165) is 32.5 Å². The summed E-state index contributed by atoms with van der Waals surface area (Å²) < 4.78 is 19.3. The van der Waals surface area contributed by atoms with Gasteiger partial charge in [-0.3, -0.25) is 14.5 Å². The summed E-state index contributed by atoms with van der Waals surface area (Å²) in [6, 6.07) is 4.23. The van der Waals surface area contributed by atoms with Gasteiger partial charge >= 0.3 is 0 Å². The number of anilines is 2. The van der Waals surface area contributed by atoms with E-state index in [2.05, 4.69) is 20.9 Å². The second-order valence-corrected chi connectivity index (χ2v) is 6.98. The van der Waals surface area contributed by atoms with Crippen molar-refractivity contribution in [1.82, 2.24) is 10.2 Å². The second-order valence-electron chi connectivity index (χ2n) is 6.98. The van der Waals surface area contributed by atoms with Crippen molar-refractivity contribution in [2.45, 2.75) is 19.3 Å². The van der Waals surface area contributed by atoms with Gasteiger partial charge in [0.1, 0.15) is 5.82 Å². The van der Waals surface area contributed by atoms with E-state index in [1.807, 2.05) is 0 Å². The summed E-state index contributed by atoms with van der Waals surface area (Å²) in [5.41, 5.74) is 0.567. The third kappa shape index (κ3) is 5.98. The van der Waals surface area contributed by atoms with Crippen LogP contribution in [-0.4, -0.2) is 62.7 Å². The van der Waals surface area contributed by atoms with Gasteiger partial charge in [-0.05, 0) is 37.6 Å². The van der Waals surface area contributed by atoms with Crippen LogP contribution < -0.4 is 16.0 Å². The Labute approximate surface area is 158 Å². The average molecular weight is 378 g/mol. The third-order valence-corrected chi connectivity index (χ3v) is 4.93. The Hall–Kier alpha value is -2.03. The van der Waals surface area contributed by atoms with Crippen LogP contribution in [0.15, 0.2) is 18.2 Å². The largest absolute Gasteiger partial charge is 0.379 e. The number of benzene rings is 1. The van der Waals surface area contributed by atoms with Gasteiger partial charge in [-0.25, -0.2) is 4.39 Å². The Morgan fingerprint density at radius 1 is 1.26 bits per heavy atom. The molecular formula is C19H27FN4O3. The number of hydrogen-bond acceptors (Lipinski definition) is 5. The van der Waals surface area contributed by atoms with Gasteiger partial charge in [0.2, 0.25) is 11.8 Å². The average Bonchev–Trinajstić information content (AvgIpc) is 2.70. The van der Waals surface area contributed by atoms with Crippen LogP contribution in [0.1, 0.15) is 19.3 Å². The van der Waals surface area contributed by atoms with Gasteiger partial charge < -0.3 is 20.7 Å². The number of morpholine rings is 1. The maximum Gasteiger partial charge on any atom is 0.228 e. The zero-order valence-corrected chi connectivity index (χ0v) is 15.4. The molecule has 0 saturated carbocycles. The van der Waals surface area contributed by atoms with Crippen LogP contribution in [-0.2, 0) is 14.3 Å². The molecule has 3 N–H and O–H groups in total. The summed E-state index contributed by atoms with van der Waals surface area (Å²) in [6.07, 6.45) is 2.08. The van der Waals surface area contributed by atoms with Crippen molar-refractivity contribution in [3.05, 3.63) is 24.0 Å². The molecular weight excluding hydrogens is 351 g/mol. The Balaban J connectivity index is 1.52. The fourth-order valence-corrected chi connectivity index (χ4v) is 3.32. The van der Waals surface area contributed by atoms with E-state index in [9.17, 15) is 14.0 Å². The third-order valence-electron chi connectivity index (χ3n) is 4.93. The molecule has 2 heterocycles. The molecule has 2 fully saturated rings. The van der Waals surface area contributed by atoms with Crippen molar-refractivity contribution in [1.29, 1.82) is 0 Å². The van der Waals surface area contributed by atoms with E-state index in [4.69, 9.17) is 4.74 Å². The monoisotopic (exact) mass is 378 g/mol. The van der Waals surface area contributed by atoms with Crippen molar-refractivity contribution in [3.63, 3.8) is 0 Å². The van der Waals surface area contributed by atoms with Crippen LogP contribution in [0, 0.1) is 11.7 Å². The molecule has 0 spiro atoms. The van der Waals surface area contributed by atoms with Crippen LogP contribution in [0.3, 0.4) is 0 Å². The van der Waals surface area contributed by atoms with Crippen molar-refractivity contribution >= 4 is 23.2 Å². The van der Waals surface area contributed by atoms with E-state index in [1.165, 1.54) is 18.2 Å². The van der Waals surface area contributed by atoms with Crippen LogP contribution >= 0.6 is 0 Å². The van der Waals surface area contributed by atoms with Crippen molar-refractivity contribution in [2.75, 3.05) is 56.6 Å². The number of piperidine rings is 1. The smallest absolute Gasteiger partial charge is 0.228 e. The summed E-state index contributed by atoms with van der Waals surface area (Å²) in [5.74, 6) is -0.943. The van der Waals surface area contributed by atoms with Gasteiger partial charge in [-0.2, -0.15) is 0 Å². The Morgan fingerprint density at radius 3 is 2.81 bits per heavy atom.